The first-order chi connectivity index (χ1) is 19.4. The van der Waals surface area contributed by atoms with Gasteiger partial charge in [0.15, 0.2) is 5.78 Å². The number of hydrogen-bond donors (Lipinski definition) is 2. The Morgan fingerprint density at radius 2 is 1.55 bits per heavy atom. The number of nitrogens with zero attached hydrogens (tertiary/aromatic N) is 2. The molecule has 1 heterocycles. The third-order valence-electron chi connectivity index (χ3n) is 7.64. The predicted octanol–water partition coefficient (Wildman–Crippen LogP) is 7.45. The largest absolute Gasteiger partial charge is 0.507 e. The SMILES string of the molecule is CCn1c2ccc(C(=O)c3c(O)ccc4ccccc34)cc2c2cc(/C(=N\O)c3ccc(OC)cc3C)ccc21. The van der Waals surface area contributed by atoms with E-state index in [1.807, 2.05) is 91.9 Å². The number of carbonyl (C=O) groups is 1. The molecule has 0 spiro atoms. The highest BCUT2D eigenvalue weighted by atomic mass is 16.5. The second kappa shape index (κ2) is 9.89. The Morgan fingerprint density at radius 1 is 0.850 bits per heavy atom. The quantitative estimate of drug-likeness (QED) is 0.102. The Balaban J connectivity index is 1.53. The van der Waals surface area contributed by atoms with Crippen LogP contribution in [0.3, 0.4) is 0 Å². The maximum absolute atomic E-state index is 13.8. The molecule has 0 aliphatic rings. The fourth-order valence-corrected chi connectivity index (χ4v) is 5.67. The van der Waals surface area contributed by atoms with Crippen LogP contribution in [0.5, 0.6) is 11.5 Å². The van der Waals surface area contributed by atoms with E-state index in [9.17, 15) is 15.1 Å². The van der Waals surface area contributed by atoms with E-state index in [1.54, 1.807) is 13.2 Å². The van der Waals surface area contributed by atoms with Crippen LogP contribution in [-0.2, 0) is 6.54 Å². The van der Waals surface area contributed by atoms with Crippen LogP contribution < -0.4 is 4.74 Å². The van der Waals surface area contributed by atoms with Gasteiger partial charge >= 0.3 is 0 Å². The molecule has 6 heteroatoms. The average molecular weight is 529 g/mol. The fourth-order valence-electron chi connectivity index (χ4n) is 5.67. The summed E-state index contributed by atoms with van der Waals surface area (Å²) in [4.78, 5) is 13.8. The number of fused-ring (bicyclic) bond motifs is 4. The lowest BCUT2D eigenvalue weighted by atomic mass is 9.94. The molecule has 0 saturated heterocycles. The van der Waals surface area contributed by atoms with Crippen LogP contribution in [0, 0.1) is 6.92 Å². The highest BCUT2D eigenvalue weighted by Crippen LogP contribution is 2.34. The van der Waals surface area contributed by atoms with Crippen LogP contribution in [0.4, 0.5) is 0 Å². The number of rotatable bonds is 6. The van der Waals surface area contributed by atoms with Crippen molar-refractivity contribution in [3.8, 4) is 11.5 Å². The Labute approximate surface area is 231 Å². The summed E-state index contributed by atoms with van der Waals surface area (Å²) in [6.45, 7) is 4.78. The van der Waals surface area contributed by atoms with Gasteiger partial charge in [-0.1, -0.05) is 41.6 Å². The zero-order chi connectivity index (χ0) is 28.0. The van der Waals surface area contributed by atoms with Crippen LogP contribution in [0.25, 0.3) is 32.6 Å². The lowest BCUT2D eigenvalue weighted by molar-refractivity contribution is 0.103. The number of ether oxygens (including phenoxy) is 1. The van der Waals surface area contributed by atoms with Crippen LogP contribution in [0.2, 0.25) is 0 Å². The number of methoxy groups -OCH3 is 1. The number of hydrogen-bond acceptors (Lipinski definition) is 5. The summed E-state index contributed by atoms with van der Waals surface area (Å²) in [6, 6.07) is 28.2. The molecule has 198 valence electrons. The van der Waals surface area contributed by atoms with Crippen molar-refractivity contribution in [2.75, 3.05) is 7.11 Å². The molecule has 2 N–H and O–H groups in total. The summed E-state index contributed by atoms with van der Waals surface area (Å²) in [5, 5.41) is 27.9. The zero-order valence-electron chi connectivity index (χ0n) is 22.5. The second-order valence-corrected chi connectivity index (χ2v) is 9.85. The van der Waals surface area contributed by atoms with Gasteiger partial charge in [0.25, 0.3) is 0 Å². The third kappa shape index (κ3) is 3.96. The van der Waals surface area contributed by atoms with Crippen molar-refractivity contribution in [2.45, 2.75) is 20.4 Å². The van der Waals surface area contributed by atoms with Gasteiger partial charge in [0.2, 0.25) is 0 Å². The minimum Gasteiger partial charge on any atom is -0.507 e. The smallest absolute Gasteiger partial charge is 0.197 e. The molecular formula is C34H28N2O4. The van der Waals surface area contributed by atoms with Gasteiger partial charge in [-0.2, -0.15) is 0 Å². The van der Waals surface area contributed by atoms with Crippen molar-refractivity contribution in [3.63, 3.8) is 0 Å². The molecule has 0 fully saturated rings. The Hall–Kier alpha value is -5.10. The number of benzene rings is 5. The summed E-state index contributed by atoms with van der Waals surface area (Å²) in [5.41, 5.74) is 5.72. The van der Waals surface area contributed by atoms with Crippen LogP contribution >= 0.6 is 0 Å². The summed E-state index contributed by atoms with van der Waals surface area (Å²) in [7, 11) is 1.62. The minimum absolute atomic E-state index is 0.0410. The van der Waals surface area contributed by atoms with E-state index in [0.717, 1.165) is 56.2 Å². The lowest BCUT2D eigenvalue weighted by Crippen LogP contribution is -2.06. The molecule has 0 saturated carbocycles. The van der Waals surface area contributed by atoms with Crippen molar-refractivity contribution in [3.05, 3.63) is 119 Å². The standard InChI is InChI=1S/C34H28N2O4/c1-4-36-29-14-9-22(33(35-39)25-13-12-24(40-3)17-20(25)2)18-27(29)28-19-23(10-15-30(28)36)34(38)32-26-8-6-5-7-21(26)11-16-31(32)37/h5-19,37,39H,4H2,1-3H3/b35-33+. The molecule has 6 aromatic rings. The minimum atomic E-state index is -0.240. The molecule has 0 aliphatic carbocycles. The van der Waals surface area contributed by atoms with Crippen molar-refractivity contribution >= 4 is 44.1 Å². The number of ketones is 1. The Bertz CT molecular complexity index is 1980. The topological polar surface area (TPSA) is 84.1 Å². The van der Waals surface area contributed by atoms with Gasteiger partial charge in [-0.3, -0.25) is 4.79 Å². The summed E-state index contributed by atoms with van der Waals surface area (Å²) in [6.07, 6.45) is 0. The number of phenols is 1. The van der Waals surface area contributed by atoms with Crippen LogP contribution in [0.1, 0.15) is 39.5 Å². The first-order valence-electron chi connectivity index (χ1n) is 13.1. The number of oxime groups is 1. The summed E-state index contributed by atoms with van der Waals surface area (Å²) >= 11 is 0. The third-order valence-corrected chi connectivity index (χ3v) is 7.64. The monoisotopic (exact) mass is 528 g/mol. The van der Waals surface area contributed by atoms with Gasteiger partial charge in [-0.15, -0.1) is 0 Å². The maximum atomic E-state index is 13.8. The molecule has 1 aromatic heterocycles. The Kier molecular flexibility index (Phi) is 6.23. The molecule has 40 heavy (non-hydrogen) atoms. The fraction of sp³-hybridized carbons (Fsp3) is 0.118. The first-order valence-corrected chi connectivity index (χ1v) is 13.1. The normalized spacial score (nSPS) is 11.9. The van der Waals surface area contributed by atoms with E-state index < -0.39 is 0 Å². The van der Waals surface area contributed by atoms with Crippen LogP contribution in [0.15, 0.2) is 96.2 Å². The highest BCUT2D eigenvalue weighted by molar-refractivity contribution is 6.21. The molecule has 6 nitrogen and oxygen atoms in total. The van der Waals surface area contributed by atoms with Crippen molar-refractivity contribution < 1.29 is 19.8 Å². The maximum Gasteiger partial charge on any atom is 0.197 e. The number of aromatic nitrogens is 1. The van der Waals surface area contributed by atoms with Gasteiger partial charge < -0.3 is 19.6 Å². The van der Waals surface area contributed by atoms with Crippen LogP contribution in [-0.4, -0.2) is 33.5 Å². The number of phenolic OH excluding ortho intramolecular Hbond substituents is 1. The zero-order valence-corrected chi connectivity index (χ0v) is 22.5. The molecule has 0 radical (unpaired) electrons. The number of carbonyl (C=O) groups excluding carboxylic acids is 1. The van der Waals surface area contributed by atoms with Gasteiger partial charge in [-0.25, -0.2) is 0 Å². The van der Waals surface area contributed by atoms with Gasteiger partial charge in [0, 0.05) is 45.0 Å². The van der Waals surface area contributed by atoms with Crippen molar-refractivity contribution in [1.82, 2.24) is 4.57 Å². The van der Waals surface area contributed by atoms with E-state index in [1.165, 1.54) is 0 Å². The van der Waals surface area contributed by atoms with E-state index in [-0.39, 0.29) is 11.5 Å². The molecule has 0 bridgehead atoms. The van der Waals surface area contributed by atoms with Gasteiger partial charge in [0.1, 0.15) is 17.2 Å². The Morgan fingerprint density at radius 3 is 2.23 bits per heavy atom. The highest BCUT2D eigenvalue weighted by Gasteiger charge is 2.20. The molecule has 0 amide bonds. The number of aromatic hydroxyl groups is 1. The first kappa shape index (κ1) is 25.2. The number of aryl methyl sites for hydroxylation is 2. The van der Waals surface area contributed by atoms with Gasteiger partial charge in [-0.05, 0) is 84.8 Å². The predicted molar refractivity (Wildman–Crippen MR) is 159 cm³/mol. The van der Waals surface area contributed by atoms with E-state index >= 15 is 0 Å². The molecule has 0 atom stereocenters. The summed E-state index contributed by atoms with van der Waals surface area (Å²) < 4.78 is 7.54. The molecular weight excluding hydrogens is 500 g/mol. The average Bonchev–Trinajstić information content (AvgIpc) is 3.30. The van der Waals surface area contributed by atoms with Crippen molar-refractivity contribution in [1.29, 1.82) is 0 Å². The molecule has 6 rings (SSSR count). The van der Waals surface area contributed by atoms with E-state index in [2.05, 4.69) is 16.6 Å². The van der Waals surface area contributed by atoms with E-state index in [4.69, 9.17) is 4.74 Å². The summed E-state index contributed by atoms with van der Waals surface area (Å²) in [5.74, 6) is 0.450. The second-order valence-electron chi connectivity index (χ2n) is 9.85. The van der Waals surface area contributed by atoms with Crippen molar-refractivity contribution in [2.24, 2.45) is 5.16 Å². The lowest BCUT2D eigenvalue weighted by Gasteiger charge is -2.11. The van der Waals surface area contributed by atoms with E-state index in [0.29, 0.717) is 22.2 Å². The molecule has 0 aliphatic heterocycles. The molecule has 5 aromatic carbocycles. The van der Waals surface area contributed by atoms with Gasteiger partial charge in [0.05, 0.1) is 12.7 Å². The molecule has 0 unspecified atom stereocenters.